The normalized spacial score (nSPS) is 11.8. The van der Waals surface area contributed by atoms with Crippen LogP contribution in [-0.2, 0) is 21.2 Å². The highest BCUT2D eigenvalue weighted by Gasteiger charge is 2.18. The molecule has 0 aliphatic carbocycles. The number of nitriles is 1. The van der Waals surface area contributed by atoms with Crippen molar-refractivity contribution in [2.75, 3.05) is 25.3 Å². The molecule has 190 valence electrons. The molecule has 0 bridgehead atoms. The van der Waals surface area contributed by atoms with E-state index in [2.05, 4.69) is 15.5 Å². The summed E-state index contributed by atoms with van der Waals surface area (Å²) in [6, 6.07) is 17.0. The maximum atomic E-state index is 12.7. The summed E-state index contributed by atoms with van der Waals surface area (Å²) in [6.45, 7) is 1.12. The molecular weight excluding hydrogens is 514 g/mol. The fourth-order valence-corrected chi connectivity index (χ4v) is 5.11. The predicted molar refractivity (Wildman–Crippen MR) is 140 cm³/mol. The van der Waals surface area contributed by atoms with Crippen molar-refractivity contribution in [3.8, 4) is 17.6 Å². The largest absolute Gasteiger partial charge is 0.493 e. The molecule has 4 aromatic rings. The topological polar surface area (TPSA) is 136 Å². The number of rotatable bonds is 10. The second-order valence-corrected chi connectivity index (χ2v) is 11.1. The van der Waals surface area contributed by atoms with Gasteiger partial charge in [0.15, 0.2) is 11.5 Å². The van der Waals surface area contributed by atoms with Crippen LogP contribution in [0.25, 0.3) is 17.0 Å². The number of aryl methyl sites for hydroxylation is 1. The Bertz CT molecular complexity index is 1620. The molecule has 0 saturated heterocycles. The van der Waals surface area contributed by atoms with Gasteiger partial charge in [-0.15, -0.1) is 10.2 Å². The average molecular weight is 538 g/mol. The van der Waals surface area contributed by atoms with Crippen molar-refractivity contribution in [3.63, 3.8) is 0 Å². The van der Waals surface area contributed by atoms with Crippen LogP contribution in [0.4, 0.5) is 5.13 Å². The third-order valence-electron chi connectivity index (χ3n) is 5.30. The van der Waals surface area contributed by atoms with Gasteiger partial charge in [-0.3, -0.25) is 10.1 Å². The highest BCUT2D eigenvalue weighted by Crippen LogP contribution is 2.27. The summed E-state index contributed by atoms with van der Waals surface area (Å²) < 4.78 is 36.2. The van der Waals surface area contributed by atoms with Crippen molar-refractivity contribution in [2.45, 2.75) is 17.3 Å². The molecule has 0 unspecified atom stereocenters. The maximum absolute atomic E-state index is 12.7. The number of hydrogen-bond donors (Lipinski definition) is 1. The highest BCUT2D eigenvalue weighted by molar-refractivity contribution is 7.92. The molecule has 0 aliphatic heterocycles. The molecule has 10 nitrogen and oxygen atoms in total. The number of ether oxygens (including phenoxy) is 2. The van der Waals surface area contributed by atoms with Gasteiger partial charge in [-0.05, 0) is 30.7 Å². The number of carbonyl (C=O) groups is 1. The molecule has 1 N–H and O–H groups in total. The highest BCUT2D eigenvalue weighted by atomic mass is 32.2. The Hall–Kier alpha value is -4.21. The van der Waals surface area contributed by atoms with Gasteiger partial charge in [0.25, 0.3) is 5.91 Å². The lowest BCUT2D eigenvalue weighted by atomic mass is 10.1. The van der Waals surface area contributed by atoms with Crippen LogP contribution in [0.2, 0.25) is 0 Å². The molecular formula is C25H23N5O5S2. The number of carbonyl (C=O) groups excluding carboxylic acids is 1. The number of amides is 1. The lowest BCUT2D eigenvalue weighted by Crippen LogP contribution is -2.13. The van der Waals surface area contributed by atoms with E-state index in [0.717, 1.165) is 28.5 Å². The van der Waals surface area contributed by atoms with Gasteiger partial charge in [0, 0.05) is 35.5 Å². The smallest absolute Gasteiger partial charge is 0.268 e. The number of para-hydroxylation sites is 3. The van der Waals surface area contributed by atoms with E-state index in [4.69, 9.17) is 9.47 Å². The average Bonchev–Trinajstić information content (AvgIpc) is 3.50. The molecule has 2 aromatic carbocycles. The Morgan fingerprint density at radius 2 is 1.89 bits per heavy atom. The van der Waals surface area contributed by atoms with Crippen LogP contribution in [0.1, 0.15) is 12.0 Å². The number of aromatic nitrogens is 3. The van der Waals surface area contributed by atoms with Crippen molar-refractivity contribution in [1.29, 1.82) is 5.26 Å². The quantitative estimate of drug-likeness (QED) is 0.139. The second-order valence-electron chi connectivity index (χ2n) is 7.92. The van der Waals surface area contributed by atoms with Crippen LogP contribution in [0, 0.1) is 11.3 Å². The molecule has 0 aliphatic rings. The van der Waals surface area contributed by atoms with Crippen LogP contribution in [-0.4, -0.2) is 49.1 Å². The van der Waals surface area contributed by atoms with Crippen molar-refractivity contribution >= 4 is 49.2 Å². The van der Waals surface area contributed by atoms with Gasteiger partial charge in [-0.25, -0.2) is 8.42 Å². The summed E-state index contributed by atoms with van der Waals surface area (Å²) >= 11 is 0.718. The van der Waals surface area contributed by atoms with E-state index >= 15 is 0 Å². The van der Waals surface area contributed by atoms with E-state index < -0.39 is 15.7 Å². The third kappa shape index (κ3) is 6.14. The molecule has 2 aromatic heterocycles. The summed E-state index contributed by atoms with van der Waals surface area (Å²) in [5.74, 6) is 0.639. The lowest BCUT2D eigenvalue weighted by Gasteiger charge is -2.11. The first-order chi connectivity index (χ1) is 17.8. The van der Waals surface area contributed by atoms with E-state index in [1.54, 1.807) is 7.11 Å². The molecule has 12 heteroatoms. The summed E-state index contributed by atoms with van der Waals surface area (Å²) in [5.41, 5.74) is 1.49. The molecule has 0 saturated carbocycles. The zero-order valence-electron chi connectivity index (χ0n) is 20.0. The van der Waals surface area contributed by atoms with Crippen LogP contribution in [0.5, 0.6) is 11.5 Å². The monoisotopic (exact) mass is 537 g/mol. The van der Waals surface area contributed by atoms with Crippen molar-refractivity contribution in [2.24, 2.45) is 0 Å². The summed E-state index contributed by atoms with van der Waals surface area (Å²) in [5, 5.41) is 20.2. The number of hydrogen-bond acceptors (Lipinski definition) is 9. The van der Waals surface area contributed by atoms with Gasteiger partial charge in [0.05, 0.1) is 13.7 Å². The molecule has 0 spiro atoms. The number of nitrogens with zero attached hydrogens (tertiary/aromatic N) is 4. The summed E-state index contributed by atoms with van der Waals surface area (Å²) in [7, 11) is -1.95. The molecule has 0 atom stereocenters. The predicted octanol–water partition coefficient (Wildman–Crippen LogP) is 3.92. The van der Waals surface area contributed by atoms with Crippen molar-refractivity contribution in [1.82, 2.24) is 14.8 Å². The number of sulfone groups is 1. The van der Waals surface area contributed by atoms with Gasteiger partial charge >= 0.3 is 0 Å². The Labute approximate surface area is 217 Å². The minimum absolute atomic E-state index is 0.0101. The first kappa shape index (κ1) is 25.9. The minimum Gasteiger partial charge on any atom is -0.493 e. The van der Waals surface area contributed by atoms with Crippen LogP contribution in [0.15, 0.2) is 64.6 Å². The summed E-state index contributed by atoms with van der Waals surface area (Å²) in [4.78, 5) is 12.7. The number of nitrogens with one attached hydrogen (secondary N) is 1. The van der Waals surface area contributed by atoms with Crippen molar-refractivity contribution < 1.29 is 22.7 Å². The Kier molecular flexibility index (Phi) is 7.86. The van der Waals surface area contributed by atoms with E-state index in [-0.39, 0.29) is 15.0 Å². The van der Waals surface area contributed by atoms with Gasteiger partial charge in [-0.2, -0.15) is 5.26 Å². The lowest BCUT2D eigenvalue weighted by molar-refractivity contribution is -0.112. The van der Waals surface area contributed by atoms with Gasteiger partial charge in [-0.1, -0.05) is 41.7 Å². The first-order valence-corrected chi connectivity index (χ1v) is 13.8. The Balaban J connectivity index is 1.50. The summed E-state index contributed by atoms with van der Waals surface area (Å²) in [6.07, 6.45) is 5.09. The number of benzene rings is 2. The number of methoxy groups -OCH3 is 1. The number of fused-ring (bicyclic) bond motifs is 1. The van der Waals surface area contributed by atoms with Gasteiger partial charge < -0.3 is 14.0 Å². The molecule has 37 heavy (non-hydrogen) atoms. The Morgan fingerprint density at radius 1 is 1.16 bits per heavy atom. The van der Waals surface area contributed by atoms with E-state index in [9.17, 15) is 18.5 Å². The van der Waals surface area contributed by atoms with E-state index in [1.165, 1.54) is 6.08 Å². The van der Waals surface area contributed by atoms with Crippen LogP contribution in [0.3, 0.4) is 0 Å². The maximum Gasteiger partial charge on any atom is 0.268 e. The minimum atomic E-state index is -3.55. The SMILES string of the molecule is COc1ccccc1OCCCn1cc(C=C(C#N)C(=O)Nc2nnc(S(C)(=O)=O)s2)c2ccccc21. The molecule has 4 rings (SSSR count). The molecule has 2 heterocycles. The zero-order valence-corrected chi connectivity index (χ0v) is 21.7. The Morgan fingerprint density at radius 3 is 2.59 bits per heavy atom. The second kappa shape index (κ2) is 11.2. The van der Waals surface area contributed by atoms with Gasteiger partial charge in [0.1, 0.15) is 11.6 Å². The van der Waals surface area contributed by atoms with E-state index in [0.29, 0.717) is 36.6 Å². The number of anilines is 1. The third-order valence-corrected chi connectivity index (χ3v) is 7.81. The van der Waals surface area contributed by atoms with Crippen LogP contribution < -0.4 is 14.8 Å². The van der Waals surface area contributed by atoms with Crippen molar-refractivity contribution in [3.05, 3.63) is 65.9 Å². The van der Waals surface area contributed by atoms with Crippen LogP contribution >= 0.6 is 11.3 Å². The molecule has 1 amide bonds. The standard InChI is InChI=1S/C25H23N5O5S2/c1-34-21-10-5-6-11-22(21)35-13-7-12-30-16-18(19-8-3-4-9-20(19)30)14-17(15-26)23(31)27-24-28-29-25(36-24)37(2,32)33/h3-6,8-11,14,16H,7,12-13H2,1-2H3,(H,27,28,31). The fraction of sp³-hybridized carbons (Fsp3) is 0.200. The first-order valence-electron chi connectivity index (χ1n) is 11.1. The molecule has 0 radical (unpaired) electrons. The van der Waals surface area contributed by atoms with E-state index in [1.807, 2.05) is 65.4 Å². The molecule has 0 fully saturated rings. The fourth-order valence-electron chi connectivity index (χ4n) is 3.61. The van der Waals surface area contributed by atoms with Gasteiger partial charge in [0.2, 0.25) is 19.3 Å². The zero-order chi connectivity index (χ0) is 26.4.